The molecule has 0 aliphatic heterocycles. The second-order valence-corrected chi connectivity index (χ2v) is 5.82. The molecule has 8 nitrogen and oxygen atoms in total. The highest BCUT2D eigenvalue weighted by Crippen LogP contribution is 2.09. The molecule has 0 aliphatic carbocycles. The van der Waals surface area contributed by atoms with Gasteiger partial charge in [0.05, 0.1) is 11.6 Å². The van der Waals surface area contributed by atoms with E-state index >= 15 is 0 Å². The van der Waals surface area contributed by atoms with Crippen LogP contribution in [-0.2, 0) is 20.7 Å². The number of rotatable bonds is 5. The van der Waals surface area contributed by atoms with E-state index in [-0.39, 0.29) is 6.42 Å². The number of hydrogen-bond donors (Lipinski definition) is 1. The summed E-state index contributed by atoms with van der Waals surface area (Å²) in [6, 6.07) is 5.58. The molecule has 126 valence electrons. The zero-order valence-electron chi connectivity index (χ0n) is 13.7. The van der Waals surface area contributed by atoms with E-state index in [0.717, 1.165) is 0 Å². The van der Waals surface area contributed by atoms with Crippen LogP contribution in [0.3, 0.4) is 0 Å². The molecule has 0 aliphatic rings. The standard InChI is InChI=1S/C16H18N4O4/c1-16(2,3)24-15(22)20-13(14(21)23-7-5-17)9-12-8-11(10-18)4-6-19-12/h4,6,8,13H,7,9H2,1-3H3,(H,20,22)/t13-/m0/s1. The van der Waals surface area contributed by atoms with Gasteiger partial charge in [-0.25, -0.2) is 9.59 Å². The Morgan fingerprint density at radius 1 is 1.38 bits per heavy atom. The first-order valence-electron chi connectivity index (χ1n) is 7.13. The predicted octanol–water partition coefficient (Wildman–Crippen LogP) is 1.46. The lowest BCUT2D eigenvalue weighted by atomic mass is 10.1. The maximum atomic E-state index is 12.0. The van der Waals surface area contributed by atoms with Gasteiger partial charge >= 0.3 is 12.1 Å². The van der Waals surface area contributed by atoms with Crippen LogP contribution in [0.25, 0.3) is 0 Å². The second-order valence-electron chi connectivity index (χ2n) is 5.82. The van der Waals surface area contributed by atoms with Crippen LogP contribution in [0.4, 0.5) is 4.79 Å². The summed E-state index contributed by atoms with van der Waals surface area (Å²) in [4.78, 5) is 28.0. The highest BCUT2D eigenvalue weighted by molar-refractivity contribution is 5.81. The van der Waals surface area contributed by atoms with Gasteiger partial charge in [0.15, 0.2) is 6.61 Å². The number of carbonyl (C=O) groups excluding carboxylic acids is 2. The average molecular weight is 330 g/mol. The minimum absolute atomic E-state index is 0.000967. The van der Waals surface area contributed by atoms with Gasteiger partial charge in [-0.15, -0.1) is 0 Å². The molecule has 1 N–H and O–H groups in total. The number of nitrogens with one attached hydrogen (secondary N) is 1. The molecule has 24 heavy (non-hydrogen) atoms. The second kappa shape index (κ2) is 8.49. The zero-order valence-corrected chi connectivity index (χ0v) is 13.7. The summed E-state index contributed by atoms with van der Waals surface area (Å²) in [5.41, 5.74) is 0.0647. The summed E-state index contributed by atoms with van der Waals surface area (Å²) in [6.07, 6.45) is 0.635. The summed E-state index contributed by atoms with van der Waals surface area (Å²) in [5, 5.41) is 19.8. The number of carbonyl (C=O) groups is 2. The quantitative estimate of drug-likeness (QED) is 0.810. The van der Waals surface area contributed by atoms with E-state index in [1.807, 2.05) is 6.07 Å². The number of ether oxygens (including phenoxy) is 2. The molecule has 0 fully saturated rings. The van der Waals surface area contributed by atoms with Crippen LogP contribution in [0.5, 0.6) is 0 Å². The Bertz CT molecular complexity index is 683. The monoisotopic (exact) mass is 330 g/mol. The largest absolute Gasteiger partial charge is 0.449 e. The number of amides is 1. The molecule has 1 atom stereocenters. The average Bonchev–Trinajstić information content (AvgIpc) is 2.50. The molecule has 1 aromatic rings. The third kappa shape index (κ3) is 6.75. The Morgan fingerprint density at radius 3 is 2.67 bits per heavy atom. The van der Waals surface area contributed by atoms with Crippen molar-refractivity contribution in [2.45, 2.75) is 38.8 Å². The Morgan fingerprint density at radius 2 is 2.08 bits per heavy atom. The molecular formula is C16H18N4O4. The smallest absolute Gasteiger partial charge is 0.408 e. The van der Waals surface area contributed by atoms with Crippen molar-refractivity contribution in [1.82, 2.24) is 10.3 Å². The number of nitriles is 2. The van der Waals surface area contributed by atoms with Gasteiger partial charge in [0.2, 0.25) is 0 Å². The summed E-state index contributed by atoms with van der Waals surface area (Å²) >= 11 is 0. The number of alkyl carbamates (subject to hydrolysis) is 1. The summed E-state index contributed by atoms with van der Waals surface area (Å²) < 4.78 is 9.86. The summed E-state index contributed by atoms with van der Waals surface area (Å²) in [7, 11) is 0. The highest BCUT2D eigenvalue weighted by Gasteiger charge is 2.26. The third-order valence-electron chi connectivity index (χ3n) is 2.61. The third-order valence-corrected chi connectivity index (χ3v) is 2.61. The van der Waals surface area contributed by atoms with Gasteiger partial charge < -0.3 is 14.8 Å². The first-order valence-corrected chi connectivity index (χ1v) is 7.13. The van der Waals surface area contributed by atoms with Crippen LogP contribution in [0, 0.1) is 22.7 Å². The lowest BCUT2D eigenvalue weighted by Crippen LogP contribution is -2.45. The SMILES string of the molecule is CC(C)(C)OC(=O)N[C@@H](Cc1cc(C#N)ccn1)C(=O)OCC#N. The summed E-state index contributed by atoms with van der Waals surface area (Å²) in [5.74, 6) is -0.786. The predicted molar refractivity (Wildman–Crippen MR) is 82.4 cm³/mol. The van der Waals surface area contributed by atoms with Gasteiger partial charge in [-0.1, -0.05) is 0 Å². The van der Waals surface area contributed by atoms with Gasteiger partial charge in [-0.3, -0.25) is 4.98 Å². The Labute approximate surface area is 140 Å². The molecule has 0 saturated carbocycles. The molecule has 1 amide bonds. The minimum atomic E-state index is -1.09. The van der Waals surface area contributed by atoms with Crippen LogP contribution in [0.15, 0.2) is 18.3 Å². The Hall–Kier alpha value is -3.13. The maximum Gasteiger partial charge on any atom is 0.408 e. The van der Waals surface area contributed by atoms with E-state index in [4.69, 9.17) is 20.0 Å². The molecule has 0 aromatic carbocycles. The van der Waals surface area contributed by atoms with Crippen LogP contribution < -0.4 is 5.32 Å². The van der Waals surface area contributed by atoms with E-state index in [2.05, 4.69) is 10.3 Å². The van der Waals surface area contributed by atoms with Crippen molar-refractivity contribution in [3.05, 3.63) is 29.6 Å². The fraction of sp³-hybridized carbons (Fsp3) is 0.438. The van der Waals surface area contributed by atoms with E-state index in [1.165, 1.54) is 18.3 Å². The van der Waals surface area contributed by atoms with Crippen molar-refractivity contribution in [2.24, 2.45) is 0 Å². The topological polar surface area (TPSA) is 125 Å². The highest BCUT2D eigenvalue weighted by atomic mass is 16.6. The number of aromatic nitrogens is 1. The van der Waals surface area contributed by atoms with E-state index in [0.29, 0.717) is 11.3 Å². The van der Waals surface area contributed by atoms with E-state index in [9.17, 15) is 9.59 Å². The fourth-order valence-electron chi connectivity index (χ4n) is 1.72. The molecule has 1 aromatic heterocycles. The molecule has 0 spiro atoms. The normalized spacial score (nSPS) is 11.5. The zero-order chi connectivity index (χ0) is 18.2. The lowest BCUT2D eigenvalue weighted by Gasteiger charge is -2.22. The van der Waals surface area contributed by atoms with Gasteiger partial charge in [0, 0.05) is 18.3 Å². The molecular weight excluding hydrogens is 312 g/mol. The van der Waals surface area contributed by atoms with Gasteiger partial charge in [-0.2, -0.15) is 10.5 Å². The molecule has 0 bridgehead atoms. The van der Waals surface area contributed by atoms with E-state index in [1.54, 1.807) is 26.8 Å². The number of nitrogens with zero attached hydrogens (tertiary/aromatic N) is 3. The first kappa shape index (κ1) is 18.9. The first-order chi connectivity index (χ1) is 11.2. The summed E-state index contributed by atoms with van der Waals surface area (Å²) in [6.45, 7) is 4.63. The van der Waals surface area contributed by atoms with Gasteiger partial charge in [0.25, 0.3) is 0 Å². The van der Waals surface area contributed by atoms with Gasteiger partial charge in [0.1, 0.15) is 17.7 Å². The van der Waals surface area contributed by atoms with Crippen molar-refractivity contribution < 1.29 is 19.1 Å². The molecule has 0 radical (unpaired) electrons. The molecule has 0 unspecified atom stereocenters. The van der Waals surface area contributed by atoms with Crippen LogP contribution >= 0.6 is 0 Å². The minimum Gasteiger partial charge on any atom is -0.449 e. The Balaban J connectivity index is 2.88. The molecule has 1 rings (SSSR count). The molecule has 1 heterocycles. The fourth-order valence-corrected chi connectivity index (χ4v) is 1.72. The molecule has 8 heteroatoms. The van der Waals surface area contributed by atoms with Crippen LogP contribution in [-0.4, -0.2) is 35.3 Å². The van der Waals surface area contributed by atoms with Crippen LogP contribution in [0.1, 0.15) is 32.0 Å². The Kier molecular flexibility index (Phi) is 6.69. The van der Waals surface area contributed by atoms with Crippen molar-refractivity contribution in [3.63, 3.8) is 0 Å². The van der Waals surface area contributed by atoms with E-state index < -0.39 is 30.3 Å². The van der Waals surface area contributed by atoms with Crippen molar-refractivity contribution >= 4 is 12.1 Å². The van der Waals surface area contributed by atoms with Crippen molar-refractivity contribution in [2.75, 3.05) is 6.61 Å². The van der Waals surface area contributed by atoms with Crippen LogP contribution in [0.2, 0.25) is 0 Å². The number of pyridine rings is 1. The van der Waals surface area contributed by atoms with Crippen molar-refractivity contribution in [3.8, 4) is 12.1 Å². The lowest BCUT2D eigenvalue weighted by molar-refractivity contribution is -0.144. The van der Waals surface area contributed by atoms with Gasteiger partial charge in [-0.05, 0) is 32.9 Å². The maximum absolute atomic E-state index is 12.0. The molecule has 0 saturated heterocycles. The number of hydrogen-bond acceptors (Lipinski definition) is 7. The van der Waals surface area contributed by atoms with Crippen molar-refractivity contribution in [1.29, 1.82) is 10.5 Å². The number of esters is 1.